The highest BCUT2D eigenvalue weighted by Crippen LogP contribution is 2.38. The summed E-state index contributed by atoms with van der Waals surface area (Å²) in [6.07, 6.45) is 5.58. The molecule has 3 aromatic rings. The predicted octanol–water partition coefficient (Wildman–Crippen LogP) is 3.68. The van der Waals surface area contributed by atoms with Crippen LogP contribution in [-0.4, -0.2) is 44.9 Å². The van der Waals surface area contributed by atoms with Gasteiger partial charge in [-0.05, 0) is 41.5 Å². The molecule has 1 aromatic heterocycles. The smallest absolute Gasteiger partial charge is 0.341 e. The number of aromatic carboxylic acids is 1. The molecule has 2 N–H and O–H groups in total. The molecule has 1 amide bonds. The first-order valence-electron chi connectivity index (χ1n) is 12.4. The number of pyridine rings is 1. The zero-order valence-corrected chi connectivity index (χ0v) is 20.2. The molecule has 8 nitrogen and oxygen atoms in total. The third kappa shape index (κ3) is 3.92. The number of nitrogens with zero attached hydrogens (tertiary/aromatic N) is 3. The number of benzene rings is 2. The lowest BCUT2D eigenvalue weighted by atomic mass is 9.94. The molecule has 2 aromatic carbocycles. The van der Waals surface area contributed by atoms with Crippen LogP contribution in [0.1, 0.15) is 75.3 Å². The van der Waals surface area contributed by atoms with Crippen LogP contribution >= 0.6 is 0 Å². The third-order valence-corrected chi connectivity index (χ3v) is 7.17. The van der Waals surface area contributed by atoms with Gasteiger partial charge in [-0.25, -0.2) is 4.79 Å². The molecule has 1 aliphatic heterocycles. The van der Waals surface area contributed by atoms with Crippen molar-refractivity contribution < 1.29 is 19.8 Å². The number of fused-ring (bicyclic) bond motifs is 3. The summed E-state index contributed by atoms with van der Waals surface area (Å²) in [6, 6.07) is 15.9. The van der Waals surface area contributed by atoms with Crippen molar-refractivity contribution in [3.63, 3.8) is 0 Å². The predicted molar refractivity (Wildman–Crippen MR) is 135 cm³/mol. The van der Waals surface area contributed by atoms with Crippen molar-refractivity contribution in [3.8, 4) is 5.75 Å². The molecule has 0 saturated heterocycles. The fraction of sp³-hybridized carbons (Fsp3) is 0.321. The van der Waals surface area contributed by atoms with Gasteiger partial charge in [0, 0.05) is 12.7 Å². The van der Waals surface area contributed by atoms with Gasteiger partial charge in [-0.2, -0.15) is 0 Å². The second-order valence-corrected chi connectivity index (χ2v) is 9.38. The van der Waals surface area contributed by atoms with E-state index in [-0.39, 0.29) is 18.4 Å². The summed E-state index contributed by atoms with van der Waals surface area (Å²) in [7, 11) is 0. The molecule has 8 heteroatoms. The minimum atomic E-state index is -1.45. The number of unbranched alkanes of at least 4 members (excludes halogenated alkanes) is 2. The summed E-state index contributed by atoms with van der Waals surface area (Å²) < 4.78 is 1.39. The van der Waals surface area contributed by atoms with E-state index in [4.69, 9.17) is 0 Å². The lowest BCUT2D eigenvalue weighted by molar-refractivity contribution is 0.0658. The van der Waals surface area contributed by atoms with Gasteiger partial charge in [0.2, 0.25) is 5.43 Å². The fourth-order valence-electron chi connectivity index (χ4n) is 5.35. The Bertz CT molecular complexity index is 1350. The SMILES string of the molecule is CCCCCN1CN(C2c3ccccc3CCc3ccccc32)n2cc(C(=O)O)c(=O)c(O)c2C1=O. The van der Waals surface area contributed by atoms with E-state index < -0.39 is 28.6 Å². The highest BCUT2D eigenvalue weighted by Gasteiger charge is 2.39. The van der Waals surface area contributed by atoms with Crippen molar-refractivity contribution in [1.29, 1.82) is 0 Å². The van der Waals surface area contributed by atoms with Gasteiger partial charge in [-0.3, -0.25) is 19.3 Å². The van der Waals surface area contributed by atoms with Crippen molar-refractivity contribution in [2.24, 2.45) is 0 Å². The van der Waals surface area contributed by atoms with Crippen molar-refractivity contribution in [3.05, 3.63) is 98.5 Å². The molecule has 1 aliphatic carbocycles. The van der Waals surface area contributed by atoms with Crippen LogP contribution in [0.4, 0.5) is 0 Å². The van der Waals surface area contributed by atoms with Crippen LogP contribution < -0.4 is 10.4 Å². The number of rotatable bonds is 6. The van der Waals surface area contributed by atoms with Gasteiger partial charge in [-0.1, -0.05) is 68.3 Å². The maximum absolute atomic E-state index is 13.5. The molecule has 0 bridgehead atoms. The molecule has 0 saturated carbocycles. The highest BCUT2D eigenvalue weighted by atomic mass is 16.4. The van der Waals surface area contributed by atoms with E-state index in [1.54, 1.807) is 4.90 Å². The summed E-state index contributed by atoms with van der Waals surface area (Å²) in [5.41, 5.74) is 2.59. The Morgan fingerprint density at radius 2 is 1.58 bits per heavy atom. The van der Waals surface area contributed by atoms with E-state index in [1.807, 2.05) is 29.3 Å². The van der Waals surface area contributed by atoms with E-state index >= 15 is 0 Å². The first-order chi connectivity index (χ1) is 17.4. The summed E-state index contributed by atoms with van der Waals surface area (Å²) in [4.78, 5) is 39.7. The van der Waals surface area contributed by atoms with Crippen molar-refractivity contribution in [2.75, 3.05) is 18.2 Å². The second-order valence-electron chi connectivity index (χ2n) is 9.38. The van der Waals surface area contributed by atoms with E-state index in [0.717, 1.165) is 43.2 Å². The van der Waals surface area contributed by atoms with Crippen LogP contribution in [0.25, 0.3) is 0 Å². The molecular formula is C28H29N3O5. The van der Waals surface area contributed by atoms with Gasteiger partial charge in [0.15, 0.2) is 11.4 Å². The number of carbonyl (C=O) groups is 2. The van der Waals surface area contributed by atoms with E-state index in [2.05, 4.69) is 31.2 Å². The maximum Gasteiger partial charge on any atom is 0.341 e. The van der Waals surface area contributed by atoms with Crippen LogP contribution in [0.15, 0.2) is 59.5 Å². The summed E-state index contributed by atoms with van der Waals surface area (Å²) >= 11 is 0. The number of aryl methyl sites for hydroxylation is 2. The number of carboxylic acids is 1. The number of carbonyl (C=O) groups excluding carboxylic acids is 1. The maximum atomic E-state index is 13.5. The van der Waals surface area contributed by atoms with E-state index in [9.17, 15) is 24.6 Å². The van der Waals surface area contributed by atoms with Crippen molar-refractivity contribution in [2.45, 2.75) is 45.1 Å². The molecule has 36 heavy (non-hydrogen) atoms. The molecule has 0 radical (unpaired) electrons. The van der Waals surface area contributed by atoms with E-state index in [1.165, 1.54) is 22.0 Å². The van der Waals surface area contributed by atoms with Gasteiger partial charge in [0.1, 0.15) is 12.2 Å². The molecular weight excluding hydrogens is 458 g/mol. The van der Waals surface area contributed by atoms with Crippen LogP contribution in [0.5, 0.6) is 5.75 Å². The Hall–Kier alpha value is -4.07. The van der Waals surface area contributed by atoms with Gasteiger partial charge >= 0.3 is 5.97 Å². The highest BCUT2D eigenvalue weighted by molar-refractivity contribution is 5.97. The molecule has 0 fully saturated rings. The molecule has 2 heterocycles. The van der Waals surface area contributed by atoms with Gasteiger partial charge in [0.05, 0.1) is 6.04 Å². The van der Waals surface area contributed by atoms with Gasteiger partial charge in [0.25, 0.3) is 5.91 Å². The lowest BCUT2D eigenvalue weighted by Crippen LogP contribution is -2.56. The normalized spacial score (nSPS) is 15.2. The molecule has 2 aliphatic rings. The standard InChI is InChI=1S/C28H29N3O5/c1-2-3-8-15-29-17-31(30-16-22(28(35)36)25(32)26(33)24(30)27(29)34)23-20-11-6-4-9-18(20)13-14-19-10-5-7-12-21(19)23/h4-7,9-12,16,23,33H,2-3,8,13-15,17H2,1H3,(H,35,36). The van der Waals surface area contributed by atoms with Crippen LogP contribution in [0, 0.1) is 0 Å². The average molecular weight is 488 g/mol. The van der Waals surface area contributed by atoms with E-state index in [0.29, 0.717) is 6.54 Å². The number of hydrogen-bond donors (Lipinski definition) is 2. The van der Waals surface area contributed by atoms with Crippen LogP contribution in [-0.2, 0) is 12.8 Å². The largest absolute Gasteiger partial charge is 0.502 e. The van der Waals surface area contributed by atoms with Gasteiger partial charge < -0.3 is 15.1 Å². The topological polar surface area (TPSA) is 103 Å². The Balaban J connectivity index is 1.76. The Morgan fingerprint density at radius 1 is 0.972 bits per heavy atom. The third-order valence-electron chi connectivity index (χ3n) is 7.17. The first kappa shape index (κ1) is 23.7. The Morgan fingerprint density at radius 3 is 2.17 bits per heavy atom. The molecule has 0 spiro atoms. The number of amides is 1. The summed E-state index contributed by atoms with van der Waals surface area (Å²) in [5, 5.41) is 22.4. The minimum absolute atomic E-state index is 0.185. The number of aromatic hydroxyl groups is 1. The lowest BCUT2D eigenvalue weighted by Gasteiger charge is -2.44. The minimum Gasteiger partial charge on any atom is -0.502 e. The molecule has 0 atom stereocenters. The number of hydrogen-bond acceptors (Lipinski definition) is 5. The van der Waals surface area contributed by atoms with Crippen molar-refractivity contribution in [1.82, 2.24) is 9.58 Å². The first-order valence-corrected chi connectivity index (χ1v) is 12.4. The Labute approximate surface area is 209 Å². The summed E-state index contributed by atoms with van der Waals surface area (Å²) in [5.74, 6) is -2.77. The monoisotopic (exact) mass is 487 g/mol. The van der Waals surface area contributed by atoms with Crippen LogP contribution in [0.2, 0.25) is 0 Å². The zero-order chi connectivity index (χ0) is 25.4. The Kier molecular flexibility index (Phi) is 6.26. The molecule has 5 rings (SSSR count). The fourth-order valence-corrected chi connectivity index (χ4v) is 5.35. The van der Waals surface area contributed by atoms with Crippen LogP contribution in [0.3, 0.4) is 0 Å². The van der Waals surface area contributed by atoms with Gasteiger partial charge in [-0.15, -0.1) is 0 Å². The zero-order valence-electron chi connectivity index (χ0n) is 20.2. The molecule has 186 valence electrons. The van der Waals surface area contributed by atoms with Crippen molar-refractivity contribution >= 4 is 11.9 Å². The number of carboxylic acid groups (broad SMARTS) is 1. The quantitative estimate of drug-likeness (QED) is 0.514. The second kappa shape index (κ2) is 9.53. The average Bonchev–Trinajstić information content (AvgIpc) is 3.04. The number of aromatic nitrogens is 1. The molecule has 0 unspecified atom stereocenters. The summed E-state index contributed by atoms with van der Waals surface area (Å²) in [6.45, 7) is 2.73.